The maximum absolute atomic E-state index is 14.2. The van der Waals surface area contributed by atoms with Crippen LogP contribution in [-0.4, -0.2) is 57.8 Å². The van der Waals surface area contributed by atoms with Crippen molar-refractivity contribution >= 4 is 17.2 Å². The number of carbonyl (C=O) groups is 1. The van der Waals surface area contributed by atoms with Gasteiger partial charge in [-0.25, -0.2) is 4.68 Å². The van der Waals surface area contributed by atoms with Crippen molar-refractivity contribution < 1.29 is 18.0 Å². The second-order valence-corrected chi connectivity index (χ2v) is 9.82. The lowest BCUT2D eigenvalue weighted by molar-refractivity contribution is -0.0745. The predicted molar refractivity (Wildman–Crippen MR) is 149 cm³/mol. The molecule has 0 saturated carbocycles. The Kier molecular flexibility index (Phi) is 8.75. The minimum atomic E-state index is -4.69. The lowest BCUT2D eigenvalue weighted by Crippen LogP contribution is -2.49. The molecule has 0 bridgehead atoms. The van der Waals surface area contributed by atoms with E-state index in [9.17, 15) is 18.0 Å². The molecule has 1 fully saturated rings. The number of allylic oxidation sites excluding steroid dienone is 3. The molecule has 1 aromatic heterocycles. The molecule has 0 aliphatic carbocycles. The fourth-order valence-electron chi connectivity index (χ4n) is 5.12. The Bertz CT molecular complexity index is 1320. The molecule has 0 spiro atoms. The average molecular weight is 537 g/mol. The summed E-state index contributed by atoms with van der Waals surface area (Å²) in [6.45, 7) is 11.9. The lowest BCUT2D eigenvalue weighted by atomic mass is 10.0. The van der Waals surface area contributed by atoms with Crippen LogP contribution >= 0.6 is 0 Å². The molecule has 206 valence electrons. The molecule has 1 atom stereocenters. The molecule has 1 unspecified atom stereocenters. The van der Waals surface area contributed by atoms with Crippen molar-refractivity contribution in [3.05, 3.63) is 101 Å². The van der Waals surface area contributed by atoms with E-state index >= 15 is 0 Å². The molecule has 1 aliphatic heterocycles. The molecule has 5 nitrogen and oxygen atoms in total. The lowest BCUT2D eigenvalue weighted by Gasteiger charge is -2.39. The molecular weight excluding hydrogens is 501 g/mol. The first-order chi connectivity index (χ1) is 18.6. The summed E-state index contributed by atoms with van der Waals surface area (Å²) >= 11 is 0. The normalized spacial score (nSPS) is 15.8. The maximum atomic E-state index is 14.2. The van der Waals surface area contributed by atoms with Gasteiger partial charge in [0.15, 0.2) is 0 Å². The Morgan fingerprint density at radius 3 is 2.23 bits per heavy atom. The molecule has 2 aromatic carbocycles. The number of piperazine rings is 1. The number of aromatic nitrogens is 2. The van der Waals surface area contributed by atoms with Gasteiger partial charge < -0.3 is 4.90 Å². The van der Waals surface area contributed by atoms with Gasteiger partial charge in [0.05, 0.1) is 17.5 Å². The van der Waals surface area contributed by atoms with Gasteiger partial charge in [0.2, 0.25) is 0 Å². The van der Waals surface area contributed by atoms with E-state index < -0.39 is 11.9 Å². The van der Waals surface area contributed by atoms with E-state index in [1.807, 2.05) is 37.3 Å². The largest absolute Gasteiger partial charge is 0.433 e. The molecule has 4 rings (SSSR count). The van der Waals surface area contributed by atoms with E-state index in [0.29, 0.717) is 31.7 Å². The average Bonchev–Trinajstić information content (AvgIpc) is 3.32. The number of nitrogens with zero attached hydrogens (tertiary/aromatic N) is 4. The molecule has 0 radical (unpaired) electrons. The van der Waals surface area contributed by atoms with Gasteiger partial charge in [-0.15, -0.1) is 0 Å². The summed E-state index contributed by atoms with van der Waals surface area (Å²) in [4.78, 5) is 17.4. The van der Waals surface area contributed by atoms with Crippen molar-refractivity contribution in [2.45, 2.75) is 45.8 Å². The molecule has 1 aliphatic rings. The van der Waals surface area contributed by atoms with Gasteiger partial charge in [0.25, 0.3) is 5.91 Å². The summed E-state index contributed by atoms with van der Waals surface area (Å²) in [5.74, 6) is -0.304. The second kappa shape index (κ2) is 12.0. The monoisotopic (exact) mass is 536 g/mol. The summed E-state index contributed by atoms with van der Waals surface area (Å²) in [6.07, 6.45) is -0.684. The smallest absolute Gasteiger partial charge is 0.336 e. The third-order valence-corrected chi connectivity index (χ3v) is 7.42. The highest BCUT2D eigenvalue weighted by molar-refractivity contribution is 5.95. The first-order valence-corrected chi connectivity index (χ1v) is 13.3. The van der Waals surface area contributed by atoms with Crippen molar-refractivity contribution in [1.29, 1.82) is 0 Å². The Balaban J connectivity index is 1.51. The Morgan fingerprint density at radius 2 is 1.67 bits per heavy atom. The van der Waals surface area contributed by atoms with E-state index in [1.54, 1.807) is 17.0 Å². The number of halogens is 3. The SMILES string of the molecule is C=C(/C=C(\n1ncc(C(=O)N2CCN(C(CC)c3ccccc3)CC2)c1C)C(F)(F)F)c1ccc(CC)cc1. The zero-order valence-corrected chi connectivity index (χ0v) is 22.7. The highest BCUT2D eigenvalue weighted by Gasteiger charge is 2.38. The molecule has 39 heavy (non-hydrogen) atoms. The zero-order valence-electron chi connectivity index (χ0n) is 22.7. The quantitative estimate of drug-likeness (QED) is 0.298. The van der Waals surface area contributed by atoms with Crippen LogP contribution in [0.4, 0.5) is 13.2 Å². The number of hydrogen-bond donors (Lipinski definition) is 0. The standard InChI is InChI=1S/C31H35F3N4O/c1-5-24-12-14-25(15-13-24)22(3)20-29(31(32,33)34)38-23(4)27(21-35-38)30(39)37-18-16-36(17-19-37)28(6-2)26-10-8-7-9-11-26/h7-15,20-21,28H,3,5-6,16-19H2,1-2,4H3/b29-20-. The minimum absolute atomic E-state index is 0.149. The maximum Gasteiger partial charge on any atom is 0.433 e. The van der Waals surface area contributed by atoms with Crippen molar-refractivity contribution in [1.82, 2.24) is 19.6 Å². The summed E-state index contributed by atoms with van der Waals surface area (Å²) < 4.78 is 43.3. The van der Waals surface area contributed by atoms with Crippen molar-refractivity contribution in [2.75, 3.05) is 26.2 Å². The van der Waals surface area contributed by atoms with Crippen LogP contribution in [0.15, 0.2) is 73.4 Å². The third kappa shape index (κ3) is 6.33. The number of benzene rings is 2. The number of amides is 1. The third-order valence-electron chi connectivity index (χ3n) is 7.42. The minimum Gasteiger partial charge on any atom is -0.336 e. The van der Waals surface area contributed by atoms with Gasteiger partial charge in [-0.2, -0.15) is 18.3 Å². The van der Waals surface area contributed by atoms with Crippen LogP contribution in [-0.2, 0) is 6.42 Å². The molecular formula is C31H35F3N4O. The van der Waals surface area contributed by atoms with Gasteiger partial charge in [-0.05, 0) is 48.1 Å². The number of rotatable bonds is 8. The van der Waals surface area contributed by atoms with Crippen molar-refractivity contribution in [3.8, 4) is 0 Å². The molecule has 1 saturated heterocycles. The molecule has 0 N–H and O–H groups in total. The van der Waals surface area contributed by atoms with Gasteiger partial charge in [0, 0.05) is 32.2 Å². The number of hydrogen-bond acceptors (Lipinski definition) is 3. The topological polar surface area (TPSA) is 41.4 Å². The summed E-state index contributed by atoms with van der Waals surface area (Å²) in [6, 6.07) is 17.8. The van der Waals surface area contributed by atoms with Gasteiger partial charge >= 0.3 is 6.18 Å². The van der Waals surface area contributed by atoms with Crippen LogP contribution in [0.25, 0.3) is 11.3 Å². The Hall–Kier alpha value is -3.65. The van der Waals surface area contributed by atoms with Crippen LogP contribution in [0.5, 0.6) is 0 Å². The van der Waals surface area contributed by atoms with E-state index in [0.717, 1.165) is 29.2 Å². The Morgan fingerprint density at radius 1 is 1.03 bits per heavy atom. The first-order valence-electron chi connectivity index (χ1n) is 13.3. The number of carbonyl (C=O) groups excluding carboxylic acids is 1. The fourth-order valence-corrected chi connectivity index (χ4v) is 5.12. The summed E-state index contributed by atoms with van der Waals surface area (Å²) in [5.41, 5.74) is 2.47. The van der Waals surface area contributed by atoms with Crippen LogP contribution < -0.4 is 0 Å². The van der Waals surface area contributed by atoms with Gasteiger partial charge in [0.1, 0.15) is 5.70 Å². The molecule has 2 heterocycles. The van der Waals surface area contributed by atoms with E-state index in [-0.39, 0.29) is 28.8 Å². The van der Waals surface area contributed by atoms with E-state index in [1.165, 1.54) is 18.7 Å². The summed E-state index contributed by atoms with van der Waals surface area (Å²) in [7, 11) is 0. The van der Waals surface area contributed by atoms with Gasteiger partial charge in [-0.3, -0.25) is 9.69 Å². The summed E-state index contributed by atoms with van der Waals surface area (Å²) in [5, 5.41) is 4.00. The number of aryl methyl sites for hydroxylation is 1. The fraction of sp³-hybridized carbons (Fsp3) is 0.355. The number of alkyl halides is 3. The van der Waals surface area contributed by atoms with Crippen LogP contribution in [0.3, 0.4) is 0 Å². The van der Waals surface area contributed by atoms with Crippen LogP contribution in [0, 0.1) is 6.92 Å². The van der Waals surface area contributed by atoms with Crippen LogP contribution in [0.1, 0.15) is 59.1 Å². The molecule has 1 amide bonds. The Labute approximate surface area is 228 Å². The zero-order chi connectivity index (χ0) is 28.2. The highest BCUT2D eigenvalue weighted by Crippen LogP contribution is 2.33. The second-order valence-electron chi connectivity index (χ2n) is 9.82. The van der Waals surface area contributed by atoms with Gasteiger partial charge in [-0.1, -0.05) is 75.0 Å². The van der Waals surface area contributed by atoms with Crippen LogP contribution in [0.2, 0.25) is 0 Å². The molecule has 3 aromatic rings. The first kappa shape index (κ1) is 28.4. The van der Waals surface area contributed by atoms with E-state index in [4.69, 9.17) is 0 Å². The molecule has 8 heteroatoms. The van der Waals surface area contributed by atoms with Crippen molar-refractivity contribution in [2.24, 2.45) is 0 Å². The highest BCUT2D eigenvalue weighted by atomic mass is 19.4. The van der Waals surface area contributed by atoms with E-state index in [2.05, 4.69) is 35.6 Å². The van der Waals surface area contributed by atoms with Crippen molar-refractivity contribution in [3.63, 3.8) is 0 Å². The predicted octanol–water partition coefficient (Wildman–Crippen LogP) is 6.78.